The van der Waals surface area contributed by atoms with Gasteiger partial charge >= 0.3 is 0 Å². The molecule has 0 heterocycles. The topological polar surface area (TPSA) is 55.2 Å². The van der Waals surface area contributed by atoms with Crippen LogP contribution in [0.4, 0.5) is 5.69 Å². The number of hydrogen-bond acceptors (Lipinski definition) is 3. The third kappa shape index (κ3) is 3.78. The first-order valence-electron chi connectivity index (χ1n) is 6.32. The number of benzene rings is 1. The number of nitrogens with zero attached hydrogens (tertiary/aromatic N) is 1. The molecule has 1 N–H and O–H groups in total. The summed E-state index contributed by atoms with van der Waals surface area (Å²) in [6.07, 6.45) is 6.35. The Labute approximate surface area is 115 Å². The van der Waals surface area contributed by atoms with E-state index in [9.17, 15) is 10.1 Å². The number of nitro groups is 1. The Morgan fingerprint density at radius 2 is 2.00 bits per heavy atom. The number of nitrogens with one attached hydrogen (secondary N) is 1. The molecular formula is C13H17BrN2O2. The van der Waals surface area contributed by atoms with Crippen molar-refractivity contribution in [2.24, 2.45) is 0 Å². The van der Waals surface area contributed by atoms with E-state index in [2.05, 4.69) is 21.2 Å². The molecule has 98 valence electrons. The highest BCUT2D eigenvalue weighted by Gasteiger charge is 2.13. The summed E-state index contributed by atoms with van der Waals surface area (Å²) in [5, 5.41) is 14.3. The summed E-state index contributed by atoms with van der Waals surface area (Å²) < 4.78 is 0.761. The van der Waals surface area contributed by atoms with Gasteiger partial charge in [0.05, 0.1) is 4.92 Å². The standard InChI is InChI=1S/C13H17BrN2O2/c14-11-6-10(7-13(8-11)16(17)18)9-15-12-4-2-1-3-5-12/h6-8,12,15H,1-5,9H2. The lowest BCUT2D eigenvalue weighted by atomic mass is 9.95. The Morgan fingerprint density at radius 1 is 1.28 bits per heavy atom. The van der Waals surface area contributed by atoms with Crippen molar-refractivity contribution in [1.82, 2.24) is 5.32 Å². The zero-order valence-corrected chi connectivity index (χ0v) is 11.8. The number of rotatable bonds is 4. The van der Waals surface area contributed by atoms with E-state index in [1.54, 1.807) is 6.07 Å². The van der Waals surface area contributed by atoms with Crippen molar-refractivity contribution in [2.75, 3.05) is 0 Å². The van der Waals surface area contributed by atoms with Gasteiger partial charge in [-0.05, 0) is 24.5 Å². The summed E-state index contributed by atoms with van der Waals surface area (Å²) in [6, 6.07) is 5.67. The van der Waals surface area contributed by atoms with Gasteiger partial charge in [-0.2, -0.15) is 0 Å². The van der Waals surface area contributed by atoms with E-state index in [1.165, 1.54) is 38.2 Å². The summed E-state index contributed by atoms with van der Waals surface area (Å²) in [4.78, 5) is 10.4. The average molecular weight is 313 g/mol. The van der Waals surface area contributed by atoms with Gasteiger partial charge in [-0.25, -0.2) is 0 Å². The highest BCUT2D eigenvalue weighted by molar-refractivity contribution is 9.10. The summed E-state index contributed by atoms with van der Waals surface area (Å²) in [5.41, 5.74) is 1.10. The van der Waals surface area contributed by atoms with Gasteiger partial charge in [0.1, 0.15) is 0 Å². The summed E-state index contributed by atoms with van der Waals surface area (Å²) >= 11 is 3.32. The molecule has 0 radical (unpaired) electrons. The van der Waals surface area contributed by atoms with E-state index >= 15 is 0 Å². The van der Waals surface area contributed by atoms with Gasteiger partial charge in [0.25, 0.3) is 5.69 Å². The maximum atomic E-state index is 10.8. The predicted octanol–water partition coefficient (Wildman–Crippen LogP) is 3.78. The Morgan fingerprint density at radius 3 is 2.67 bits per heavy atom. The molecule has 4 nitrogen and oxygen atoms in total. The van der Waals surface area contributed by atoms with Gasteiger partial charge in [-0.1, -0.05) is 35.2 Å². The van der Waals surface area contributed by atoms with Crippen LogP contribution in [0.5, 0.6) is 0 Å². The molecule has 0 bridgehead atoms. The second-order valence-corrected chi connectivity index (χ2v) is 5.71. The predicted molar refractivity (Wildman–Crippen MR) is 74.5 cm³/mol. The molecule has 0 unspecified atom stereocenters. The van der Waals surface area contributed by atoms with Gasteiger partial charge in [0, 0.05) is 29.2 Å². The van der Waals surface area contributed by atoms with Crippen LogP contribution in [0.3, 0.4) is 0 Å². The number of non-ortho nitro benzene ring substituents is 1. The molecule has 0 atom stereocenters. The first-order chi connectivity index (χ1) is 8.65. The van der Waals surface area contributed by atoms with Gasteiger partial charge in [0.15, 0.2) is 0 Å². The van der Waals surface area contributed by atoms with Crippen LogP contribution in [0.1, 0.15) is 37.7 Å². The molecule has 1 aromatic carbocycles. The van der Waals surface area contributed by atoms with E-state index in [4.69, 9.17) is 0 Å². The zero-order valence-electron chi connectivity index (χ0n) is 10.2. The molecule has 1 fully saturated rings. The Kier molecular flexibility index (Phi) is 4.72. The minimum Gasteiger partial charge on any atom is -0.310 e. The minimum absolute atomic E-state index is 0.143. The molecule has 2 rings (SSSR count). The molecule has 1 saturated carbocycles. The van der Waals surface area contributed by atoms with E-state index in [-0.39, 0.29) is 10.6 Å². The van der Waals surface area contributed by atoms with Crippen LogP contribution in [0.15, 0.2) is 22.7 Å². The van der Waals surface area contributed by atoms with Crippen molar-refractivity contribution in [3.8, 4) is 0 Å². The highest BCUT2D eigenvalue weighted by Crippen LogP contribution is 2.22. The van der Waals surface area contributed by atoms with Crippen LogP contribution in [0.25, 0.3) is 0 Å². The van der Waals surface area contributed by atoms with Crippen LogP contribution in [-0.2, 0) is 6.54 Å². The number of halogens is 1. The van der Waals surface area contributed by atoms with Crippen molar-refractivity contribution in [2.45, 2.75) is 44.7 Å². The maximum Gasteiger partial charge on any atom is 0.270 e. The summed E-state index contributed by atoms with van der Waals surface area (Å²) in [6.45, 7) is 0.699. The lowest BCUT2D eigenvalue weighted by Crippen LogP contribution is -2.30. The lowest BCUT2D eigenvalue weighted by molar-refractivity contribution is -0.385. The summed E-state index contributed by atoms with van der Waals surface area (Å²) in [5.74, 6) is 0. The Bertz CT molecular complexity index is 431. The number of hydrogen-bond donors (Lipinski definition) is 1. The first-order valence-corrected chi connectivity index (χ1v) is 7.12. The molecule has 0 spiro atoms. The molecule has 0 amide bonds. The van der Waals surface area contributed by atoms with Crippen molar-refractivity contribution in [1.29, 1.82) is 0 Å². The SMILES string of the molecule is O=[N+]([O-])c1cc(Br)cc(CNC2CCCCC2)c1. The molecule has 1 aliphatic carbocycles. The fraction of sp³-hybridized carbons (Fsp3) is 0.538. The van der Waals surface area contributed by atoms with Crippen molar-refractivity contribution in [3.63, 3.8) is 0 Å². The second-order valence-electron chi connectivity index (χ2n) is 4.79. The minimum atomic E-state index is -0.352. The van der Waals surface area contributed by atoms with E-state index in [1.807, 2.05) is 6.07 Å². The van der Waals surface area contributed by atoms with Crippen LogP contribution in [-0.4, -0.2) is 11.0 Å². The molecule has 18 heavy (non-hydrogen) atoms. The van der Waals surface area contributed by atoms with Crippen LogP contribution in [0.2, 0.25) is 0 Å². The average Bonchev–Trinajstić information content (AvgIpc) is 2.37. The van der Waals surface area contributed by atoms with Crippen molar-refractivity contribution in [3.05, 3.63) is 38.3 Å². The smallest absolute Gasteiger partial charge is 0.270 e. The first kappa shape index (κ1) is 13.5. The third-order valence-corrected chi connectivity index (χ3v) is 3.81. The van der Waals surface area contributed by atoms with Crippen LogP contribution in [0, 0.1) is 10.1 Å². The number of nitro benzene ring substituents is 1. The maximum absolute atomic E-state index is 10.8. The van der Waals surface area contributed by atoms with Gasteiger partial charge in [-0.3, -0.25) is 10.1 Å². The fourth-order valence-electron chi connectivity index (χ4n) is 2.41. The zero-order chi connectivity index (χ0) is 13.0. The van der Waals surface area contributed by atoms with Crippen molar-refractivity contribution >= 4 is 21.6 Å². The molecule has 0 aromatic heterocycles. The Hall–Kier alpha value is -0.940. The second kappa shape index (κ2) is 6.29. The normalized spacial score (nSPS) is 16.7. The summed E-state index contributed by atoms with van der Waals surface area (Å²) in [7, 11) is 0. The van der Waals surface area contributed by atoms with Crippen molar-refractivity contribution < 1.29 is 4.92 Å². The van der Waals surface area contributed by atoms with Gasteiger partial charge in [0.2, 0.25) is 0 Å². The largest absolute Gasteiger partial charge is 0.310 e. The van der Waals surface area contributed by atoms with E-state index in [0.29, 0.717) is 12.6 Å². The van der Waals surface area contributed by atoms with Crippen LogP contribution < -0.4 is 5.32 Å². The fourth-order valence-corrected chi connectivity index (χ4v) is 2.94. The third-order valence-electron chi connectivity index (χ3n) is 3.35. The molecule has 0 aliphatic heterocycles. The van der Waals surface area contributed by atoms with Gasteiger partial charge in [-0.15, -0.1) is 0 Å². The highest BCUT2D eigenvalue weighted by atomic mass is 79.9. The molecule has 1 aliphatic rings. The van der Waals surface area contributed by atoms with Gasteiger partial charge < -0.3 is 5.32 Å². The molecule has 1 aromatic rings. The van der Waals surface area contributed by atoms with Crippen LogP contribution >= 0.6 is 15.9 Å². The molecule has 0 saturated heterocycles. The Balaban J connectivity index is 1.97. The monoisotopic (exact) mass is 312 g/mol. The molecular weight excluding hydrogens is 296 g/mol. The van der Waals surface area contributed by atoms with E-state index in [0.717, 1.165) is 10.0 Å². The van der Waals surface area contributed by atoms with E-state index < -0.39 is 0 Å². The quantitative estimate of drug-likeness (QED) is 0.680. The lowest BCUT2D eigenvalue weighted by Gasteiger charge is -2.22. The molecule has 5 heteroatoms.